The molecule has 1 heterocycles. The van der Waals surface area contributed by atoms with E-state index in [0.29, 0.717) is 0 Å². The summed E-state index contributed by atoms with van der Waals surface area (Å²) in [5, 5.41) is 11.5. The normalized spacial score (nSPS) is 19.5. The lowest BCUT2D eigenvalue weighted by molar-refractivity contribution is -0.0353. The third-order valence-electron chi connectivity index (χ3n) is 3.06. The summed E-state index contributed by atoms with van der Waals surface area (Å²) in [5.74, 6) is 0. The first-order chi connectivity index (χ1) is 6.78. The lowest BCUT2D eigenvalue weighted by atomic mass is 9.79. The Morgan fingerprint density at radius 1 is 1.21 bits per heavy atom. The lowest BCUT2D eigenvalue weighted by Crippen LogP contribution is -2.32. The number of thiophene rings is 1. The fraction of sp³-hybridized carbons (Fsp3) is 0.333. The second-order valence-corrected chi connectivity index (χ2v) is 5.12. The molecule has 2 aromatic rings. The van der Waals surface area contributed by atoms with Crippen LogP contribution in [-0.2, 0) is 5.60 Å². The van der Waals surface area contributed by atoms with Gasteiger partial charge in [0.2, 0.25) is 0 Å². The van der Waals surface area contributed by atoms with Crippen molar-refractivity contribution in [3.8, 4) is 0 Å². The van der Waals surface area contributed by atoms with Crippen LogP contribution in [0.1, 0.15) is 24.1 Å². The van der Waals surface area contributed by atoms with E-state index in [1.807, 2.05) is 12.1 Å². The zero-order valence-electron chi connectivity index (χ0n) is 7.86. The van der Waals surface area contributed by atoms with Crippen molar-refractivity contribution in [3.63, 3.8) is 0 Å². The molecule has 3 rings (SSSR count). The number of benzene rings is 1. The molecule has 14 heavy (non-hydrogen) atoms. The van der Waals surface area contributed by atoms with E-state index < -0.39 is 5.60 Å². The monoisotopic (exact) mass is 204 g/mol. The van der Waals surface area contributed by atoms with Gasteiger partial charge in [-0.25, -0.2) is 0 Å². The van der Waals surface area contributed by atoms with E-state index in [1.54, 1.807) is 11.3 Å². The molecule has 0 spiro atoms. The van der Waals surface area contributed by atoms with E-state index in [9.17, 15) is 5.11 Å². The van der Waals surface area contributed by atoms with E-state index in [1.165, 1.54) is 10.1 Å². The van der Waals surface area contributed by atoms with Gasteiger partial charge < -0.3 is 5.11 Å². The fourth-order valence-corrected chi connectivity index (χ4v) is 3.18. The van der Waals surface area contributed by atoms with Gasteiger partial charge in [0.25, 0.3) is 0 Å². The largest absolute Gasteiger partial charge is 0.384 e. The summed E-state index contributed by atoms with van der Waals surface area (Å²) in [6.45, 7) is 0. The predicted octanol–water partition coefficient (Wildman–Crippen LogP) is 3.27. The van der Waals surface area contributed by atoms with Crippen LogP contribution in [0.2, 0.25) is 0 Å². The maximum absolute atomic E-state index is 10.2. The van der Waals surface area contributed by atoms with Crippen LogP contribution < -0.4 is 0 Å². The number of aliphatic hydroxyl groups is 1. The highest BCUT2D eigenvalue weighted by molar-refractivity contribution is 7.19. The summed E-state index contributed by atoms with van der Waals surface area (Å²) in [6.07, 6.45) is 3.02. The summed E-state index contributed by atoms with van der Waals surface area (Å²) in [5.41, 5.74) is -0.496. The summed E-state index contributed by atoms with van der Waals surface area (Å²) < 4.78 is 1.28. The van der Waals surface area contributed by atoms with E-state index in [-0.39, 0.29) is 0 Å². The van der Waals surface area contributed by atoms with Crippen molar-refractivity contribution in [3.05, 3.63) is 35.2 Å². The van der Waals surface area contributed by atoms with E-state index in [4.69, 9.17) is 0 Å². The highest BCUT2D eigenvalue weighted by Gasteiger charge is 2.37. The van der Waals surface area contributed by atoms with Crippen LogP contribution in [0.15, 0.2) is 30.3 Å². The summed E-state index contributed by atoms with van der Waals surface area (Å²) in [4.78, 5) is 1.14. The van der Waals surface area contributed by atoms with Gasteiger partial charge in [-0.3, -0.25) is 0 Å². The van der Waals surface area contributed by atoms with Crippen LogP contribution in [0.3, 0.4) is 0 Å². The SMILES string of the molecule is OC1(c2cc3ccccc3s2)CCC1. The molecule has 1 N–H and O–H groups in total. The molecule has 0 saturated heterocycles. The highest BCUT2D eigenvalue weighted by atomic mass is 32.1. The lowest BCUT2D eigenvalue weighted by Gasteiger charge is -2.35. The van der Waals surface area contributed by atoms with Gasteiger partial charge in [-0.1, -0.05) is 18.2 Å². The molecule has 0 atom stereocenters. The minimum Gasteiger partial charge on any atom is -0.384 e. The minimum absolute atomic E-state index is 0.496. The molecule has 0 bridgehead atoms. The summed E-state index contributed by atoms with van der Waals surface area (Å²) >= 11 is 1.73. The Hall–Kier alpha value is -0.860. The van der Waals surface area contributed by atoms with Crippen molar-refractivity contribution in [2.24, 2.45) is 0 Å². The van der Waals surface area contributed by atoms with Gasteiger partial charge in [-0.05, 0) is 36.8 Å². The van der Waals surface area contributed by atoms with Crippen molar-refractivity contribution in [1.82, 2.24) is 0 Å². The van der Waals surface area contributed by atoms with Crippen molar-refractivity contribution >= 4 is 21.4 Å². The third-order valence-corrected chi connectivity index (χ3v) is 4.37. The Morgan fingerprint density at radius 3 is 2.64 bits per heavy atom. The van der Waals surface area contributed by atoms with Crippen LogP contribution in [0.4, 0.5) is 0 Å². The first kappa shape index (κ1) is 8.45. The molecule has 0 radical (unpaired) electrons. The molecule has 2 heteroatoms. The second kappa shape index (κ2) is 2.81. The number of hydrogen-bond acceptors (Lipinski definition) is 2. The molecule has 1 aliphatic rings. The topological polar surface area (TPSA) is 20.2 Å². The van der Waals surface area contributed by atoms with Gasteiger partial charge in [0.15, 0.2) is 0 Å². The number of rotatable bonds is 1. The van der Waals surface area contributed by atoms with E-state index in [0.717, 1.165) is 24.1 Å². The van der Waals surface area contributed by atoms with Crippen LogP contribution in [0, 0.1) is 0 Å². The van der Waals surface area contributed by atoms with E-state index >= 15 is 0 Å². The molecule has 0 amide bonds. The Balaban J connectivity index is 2.14. The van der Waals surface area contributed by atoms with Gasteiger partial charge in [0.1, 0.15) is 0 Å². The van der Waals surface area contributed by atoms with Crippen molar-refractivity contribution in [2.75, 3.05) is 0 Å². The Kier molecular flexibility index (Phi) is 1.70. The molecule has 72 valence electrons. The molecule has 1 saturated carbocycles. The van der Waals surface area contributed by atoms with Crippen molar-refractivity contribution in [2.45, 2.75) is 24.9 Å². The molecule has 1 aromatic carbocycles. The van der Waals surface area contributed by atoms with Gasteiger partial charge in [0.05, 0.1) is 5.60 Å². The molecular formula is C12H12OS. The Labute approximate surface area is 87.0 Å². The van der Waals surface area contributed by atoms with E-state index in [2.05, 4.69) is 18.2 Å². The molecule has 1 nitrogen and oxygen atoms in total. The van der Waals surface area contributed by atoms with Gasteiger partial charge in [-0.15, -0.1) is 11.3 Å². The maximum Gasteiger partial charge on any atom is 0.0988 e. The van der Waals surface area contributed by atoms with Gasteiger partial charge in [0, 0.05) is 9.58 Å². The average molecular weight is 204 g/mol. The summed E-state index contributed by atoms with van der Waals surface area (Å²) in [7, 11) is 0. The zero-order valence-corrected chi connectivity index (χ0v) is 8.68. The molecule has 1 aromatic heterocycles. The maximum atomic E-state index is 10.2. The number of fused-ring (bicyclic) bond motifs is 1. The smallest absolute Gasteiger partial charge is 0.0988 e. The zero-order chi connectivity index (χ0) is 9.60. The first-order valence-corrected chi connectivity index (χ1v) is 5.81. The highest BCUT2D eigenvalue weighted by Crippen LogP contribution is 2.45. The van der Waals surface area contributed by atoms with Gasteiger partial charge >= 0.3 is 0 Å². The molecule has 1 aliphatic carbocycles. The quantitative estimate of drug-likeness (QED) is 0.756. The number of hydrogen-bond donors (Lipinski definition) is 1. The van der Waals surface area contributed by atoms with Gasteiger partial charge in [-0.2, -0.15) is 0 Å². The third kappa shape index (κ3) is 1.11. The van der Waals surface area contributed by atoms with Crippen LogP contribution in [0.5, 0.6) is 0 Å². The Morgan fingerprint density at radius 2 is 2.00 bits per heavy atom. The van der Waals surface area contributed by atoms with Crippen molar-refractivity contribution in [1.29, 1.82) is 0 Å². The fourth-order valence-electron chi connectivity index (χ4n) is 1.97. The first-order valence-electron chi connectivity index (χ1n) is 4.99. The summed E-state index contributed by atoms with van der Waals surface area (Å²) in [6, 6.07) is 10.5. The van der Waals surface area contributed by atoms with Crippen LogP contribution in [0.25, 0.3) is 10.1 Å². The van der Waals surface area contributed by atoms with Crippen molar-refractivity contribution < 1.29 is 5.11 Å². The molecule has 0 aliphatic heterocycles. The molecule has 0 unspecified atom stereocenters. The second-order valence-electron chi connectivity index (χ2n) is 4.03. The molecular weight excluding hydrogens is 192 g/mol. The average Bonchev–Trinajstić information content (AvgIpc) is 2.57. The van der Waals surface area contributed by atoms with Crippen LogP contribution in [-0.4, -0.2) is 5.11 Å². The molecule has 1 fully saturated rings. The standard InChI is InChI=1S/C12H12OS/c13-12(6-3-7-12)11-8-9-4-1-2-5-10(9)14-11/h1-2,4-5,8,13H,3,6-7H2. The predicted molar refractivity (Wildman–Crippen MR) is 59.6 cm³/mol. The van der Waals surface area contributed by atoms with Crippen LogP contribution >= 0.6 is 11.3 Å². The minimum atomic E-state index is -0.496. The Bertz CT molecular complexity index is 435.